The maximum atomic E-state index is 5.90. The quantitative estimate of drug-likeness (QED) is 0.740. The van der Waals surface area contributed by atoms with Gasteiger partial charge in [-0.25, -0.2) is 0 Å². The lowest BCUT2D eigenvalue weighted by Gasteiger charge is -2.09. The molecule has 1 aromatic carbocycles. The summed E-state index contributed by atoms with van der Waals surface area (Å²) in [6, 6.07) is 9.68. The van der Waals surface area contributed by atoms with E-state index in [2.05, 4.69) is 4.98 Å². The van der Waals surface area contributed by atoms with Gasteiger partial charge < -0.3 is 11.5 Å². The van der Waals surface area contributed by atoms with Crippen LogP contribution in [0.3, 0.4) is 0 Å². The number of nitrogen functional groups attached to an aromatic ring is 2. The van der Waals surface area contributed by atoms with Crippen molar-refractivity contribution in [3.63, 3.8) is 0 Å². The minimum atomic E-state index is 0.548. The molecule has 0 aliphatic heterocycles. The van der Waals surface area contributed by atoms with Crippen LogP contribution in [0.15, 0.2) is 36.5 Å². The van der Waals surface area contributed by atoms with Crippen molar-refractivity contribution in [3.8, 4) is 11.3 Å². The molecule has 0 radical (unpaired) electrons. The van der Waals surface area contributed by atoms with Crippen molar-refractivity contribution in [1.29, 1.82) is 0 Å². The number of nitrogens with zero attached hydrogens (tertiary/aromatic N) is 1. The Kier molecular flexibility index (Phi) is 2.29. The van der Waals surface area contributed by atoms with Crippen LogP contribution in [0.5, 0.6) is 0 Å². The molecule has 0 fully saturated rings. The predicted molar refractivity (Wildman–Crippen MR) is 63.2 cm³/mol. The molecule has 0 saturated heterocycles. The largest absolute Gasteiger partial charge is 0.397 e. The summed E-state index contributed by atoms with van der Waals surface area (Å²) in [5.74, 6) is 0. The van der Waals surface area contributed by atoms with E-state index in [-0.39, 0.29) is 0 Å². The minimum absolute atomic E-state index is 0.548. The lowest BCUT2D eigenvalue weighted by molar-refractivity contribution is 1.31. The summed E-state index contributed by atoms with van der Waals surface area (Å²) < 4.78 is 0. The van der Waals surface area contributed by atoms with E-state index < -0.39 is 0 Å². The normalized spacial score (nSPS) is 10.2. The highest BCUT2D eigenvalue weighted by molar-refractivity contribution is 5.82. The van der Waals surface area contributed by atoms with E-state index in [9.17, 15) is 0 Å². The fraction of sp³-hybridized carbons (Fsp3) is 0.0833. The van der Waals surface area contributed by atoms with E-state index in [1.165, 1.54) is 0 Å². The maximum absolute atomic E-state index is 5.90. The number of benzene rings is 1. The van der Waals surface area contributed by atoms with Gasteiger partial charge in [0.2, 0.25) is 0 Å². The maximum Gasteiger partial charge on any atom is 0.0955 e. The zero-order valence-corrected chi connectivity index (χ0v) is 8.57. The van der Waals surface area contributed by atoms with E-state index in [4.69, 9.17) is 11.5 Å². The standard InChI is InChI=1S/C12H13N3/c1-8-4-2-3-5-9(8)12-11(14)10(13)6-7-15-12/h2-7H,14H2,1H3,(H2,13,15). The predicted octanol–water partition coefficient (Wildman–Crippen LogP) is 2.22. The number of hydrogen-bond donors (Lipinski definition) is 2. The third kappa shape index (κ3) is 1.64. The van der Waals surface area contributed by atoms with Gasteiger partial charge in [-0.15, -0.1) is 0 Å². The Morgan fingerprint density at radius 2 is 1.80 bits per heavy atom. The monoisotopic (exact) mass is 199 g/mol. The van der Waals surface area contributed by atoms with E-state index in [0.29, 0.717) is 11.4 Å². The summed E-state index contributed by atoms with van der Waals surface area (Å²) in [6.07, 6.45) is 1.67. The van der Waals surface area contributed by atoms with E-state index in [1.807, 2.05) is 31.2 Å². The van der Waals surface area contributed by atoms with Crippen molar-refractivity contribution in [1.82, 2.24) is 4.98 Å². The van der Waals surface area contributed by atoms with E-state index >= 15 is 0 Å². The summed E-state index contributed by atoms with van der Waals surface area (Å²) in [4.78, 5) is 4.27. The van der Waals surface area contributed by atoms with Crippen molar-refractivity contribution in [3.05, 3.63) is 42.1 Å². The van der Waals surface area contributed by atoms with Gasteiger partial charge in [-0.3, -0.25) is 4.98 Å². The van der Waals surface area contributed by atoms with Gasteiger partial charge in [-0.05, 0) is 18.6 Å². The number of aromatic nitrogens is 1. The SMILES string of the molecule is Cc1ccccc1-c1nccc(N)c1N. The van der Waals surface area contributed by atoms with Crippen LogP contribution in [-0.4, -0.2) is 4.98 Å². The number of nitrogens with two attached hydrogens (primary N) is 2. The van der Waals surface area contributed by atoms with Crippen LogP contribution in [0.25, 0.3) is 11.3 Å². The van der Waals surface area contributed by atoms with Gasteiger partial charge in [0.15, 0.2) is 0 Å². The van der Waals surface area contributed by atoms with Crippen LogP contribution in [0.4, 0.5) is 11.4 Å². The van der Waals surface area contributed by atoms with E-state index in [1.54, 1.807) is 12.3 Å². The van der Waals surface area contributed by atoms with Crippen molar-refractivity contribution < 1.29 is 0 Å². The second-order valence-corrected chi connectivity index (χ2v) is 3.48. The number of pyridine rings is 1. The first-order valence-electron chi connectivity index (χ1n) is 4.76. The molecule has 2 aromatic rings. The van der Waals surface area contributed by atoms with Crippen molar-refractivity contribution >= 4 is 11.4 Å². The van der Waals surface area contributed by atoms with Gasteiger partial charge in [0.25, 0.3) is 0 Å². The molecule has 2 rings (SSSR count). The molecule has 0 atom stereocenters. The Bertz CT molecular complexity index is 492. The Balaban J connectivity index is 2.65. The Labute approximate surface area is 88.8 Å². The molecule has 76 valence electrons. The zero-order chi connectivity index (χ0) is 10.8. The Morgan fingerprint density at radius 1 is 1.07 bits per heavy atom. The molecule has 3 nitrogen and oxygen atoms in total. The first-order chi connectivity index (χ1) is 7.20. The molecule has 0 bridgehead atoms. The number of aryl methyl sites for hydroxylation is 1. The average molecular weight is 199 g/mol. The minimum Gasteiger partial charge on any atom is -0.397 e. The lowest BCUT2D eigenvalue weighted by atomic mass is 10.0. The second kappa shape index (κ2) is 3.61. The molecule has 0 amide bonds. The van der Waals surface area contributed by atoms with Crippen LogP contribution in [-0.2, 0) is 0 Å². The van der Waals surface area contributed by atoms with Crippen LogP contribution in [0, 0.1) is 6.92 Å². The fourth-order valence-electron chi connectivity index (χ4n) is 1.54. The molecule has 3 heteroatoms. The molecular formula is C12H13N3. The highest BCUT2D eigenvalue weighted by Crippen LogP contribution is 2.29. The van der Waals surface area contributed by atoms with Gasteiger partial charge >= 0.3 is 0 Å². The lowest BCUT2D eigenvalue weighted by Crippen LogP contribution is -1.99. The smallest absolute Gasteiger partial charge is 0.0955 e. The van der Waals surface area contributed by atoms with Crippen LogP contribution in [0.2, 0.25) is 0 Å². The number of hydrogen-bond acceptors (Lipinski definition) is 3. The molecule has 0 aliphatic rings. The third-order valence-corrected chi connectivity index (χ3v) is 2.42. The molecular weight excluding hydrogens is 186 g/mol. The van der Waals surface area contributed by atoms with Gasteiger partial charge in [0.1, 0.15) is 0 Å². The van der Waals surface area contributed by atoms with Gasteiger partial charge in [0, 0.05) is 11.8 Å². The first-order valence-corrected chi connectivity index (χ1v) is 4.76. The molecule has 0 saturated carbocycles. The molecule has 0 aliphatic carbocycles. The topological polar surface area (TPSA) is 64.9 Å². The second-order valence-electron chi connectivity index (χ2n) is 3.48. The highest BCUT2D eigenvalue weighted by Gasteiger charge is 2.08. The molecule has 4 N–H and O–H groups in total. The summed E-state index contributed by atoms with van der Waals surface area (Å²) in [6.45, 7) is 2.03. The summed E-state index contributed by atoms with van der Waals surface area (Å²) >= 11 is 0. The molecule has 0 unspecified atom stereocenters. The van der Waals surface area contributed by atoms with Gasteiger partial charge in [-0.1, -0.05) is 24.3 Å². The number of rotatable bonds is 1. The molecule has 1 heterocycles. The van der Waals surface area contributed by atoms with Gasteiger partial charge in [-0.2, -0.15) is 0 Å². The average Bonchev–Trinajstić information content (AvgIpc) is 2.23. The summed E-state index contributed by atoms with van der Waals surface area (Å²) in [7, 11) is 0. The van der Waals surface area contributed by atoms with Gasteiger partial charge in [0.05, 0.1) is 17.1 Å². The highest BCUT2D eigenvalue weighted by atomic mass is 14.8. The Hall–Kier alpha value is -2.03. The molecule has 0 spiro atoms. The van der Waals surface area contributed by atoms with E-state index in [0.717, 1.165) is 16.8 Å². The zero-order valence-electron chi connectivity index (χ0n) is 8.57. The van der Waals surface area contributed by atoms with Crippen LogP contribution < -0.4 is 11.5 Å². The number of anilines is 2. The third-order valence-electron chi connectivity index (χ3n) is 2.42. The van der Waals surface area contributed by atoms with Crippen molar-refractivity contribution in [2.24, 2.45) is 0 Å². The Morgan fingerprint density at radius 3 is 2.53 bits per heavy atom. The summed E-state index contributed by atoms with van der Waals surface area (Å²) in [5.41, 5.74) is 15.7. The molecule has 15 heavy (non-hydrogen) atoms. The molecule has 1 aromatic heterocycles. The van der Waals surface area contributed by atoms with Crippen molar-refractivity contribution in [2.45, 2.75) is 6.92 Å². The summed E-state index contributed by atoms with van der Waals surface area (Å²) in [5, 5.41) is 0. The first kappa shape index (κ1) is 9.52. The van der Waals surface area contributed by atoms with Crippen molar-refractivity contribution in [2.75, 3.05) is 11.5 Å². The van der Waals surface area contributed by atoms with Crippen LogP contribution >= 0.6 is 0 Å². The fourth-order valence-corrected chi connectivity index (χ4v) is 1.54. The van der Waals surface area contributed by atoms with Crippen LogP contribution in [0.1, 0.15) is 5.56 Å².